The van der Waals surface area contributed by atoms with Gasteiger partial charge < -0.3 is 25.3 Å². The highest BCUT2D eigenvalue weighted by Crippen LogP contribution is 2.45. The lowest BCUT2D eigenvalue weighted by molar-refractivity contribution is -0.139. The normalized spacial score (nSPS) is 19.5. The molecule has 0 bridgehead atoms. The van der Waals surface area contributed by atoms with E-state index in [0.717, 1.165) is 16.7 Å². The van der Waals surface area contributed by atoms with Gasteiger partial charge in [-0.15, -0.1) is 0 Å². The summed E-state index contributed by atoms with van der Waals surface area (Å²) >= 11 is 0. The van der Waals surface area contributed by atoms with Crippen molar-refractivity contribution in [1.29, 1.82) is 0 Å². The van der Waals surface area contributed by atoms with E-state index in [4.69, 9.17) is 0 Å². The lowest BCUT2D eigenvalue weighted by Crippen LogP contribution is -2.46. The van der Waals surface area contributed by atoms with Gasteiger partial charge in [0.15, 0.2) is 5.60 Å². The van der Waals surface area contributed by atoms with Crippen LogP contribution in [-0.2, 0) is 34.7 Å². The maximum absolute atomic E-state index is 14.0. The molecule has 0 fully saturated rings. The van der Waals surface area contributed by atoms with Crippen molar-refractivity contribution in [3.63, 3.8) is 0 Å². The number of carbonyl (C=O) groups excluding carboxylic acids is 3. The molecule has 8 nitrogen and oxygen atoms in total. The zero-order valence-corrected chi connectivity index (χ0v) is 25.7. The Morgan fingerprint density at radius 2 is 1.67 bits per heavy atom. The molecule has 0 aliphatic carbocycles. The first-order valence-electron chi connectivity index (χ1n) is 15.5. The van der Waals surface area contributed by atoms with Crippen molar-refractivity contribution in [3.8, 4) is 0 Å². The SMILES string of the molecule is C[C@@H](/C=C/CC(=O)N1Cc2ccccc2C[C@H]1CO)[C@]1(O)C(=O)N(Cc2cccc(NC(=O)c3ccccc3)c2)c2ccccc21. The number of hydrogen-bond acceptors (Lipinski definition) is 5. The molecule has 0 radical (unpaired) electrons. The summed E-state index contributed by atoms with van der Waals surface area (Å²) in [4.78, 5) is 43.2. The van der Waals surface area contributed by atoms with Crippen molar-refractivity contribution in [3.05, 3.63) is 143 Å². The smallest absolute Gasteiger partial charge is 0.264 e. The summed E-state index contributed by atoms with van der Waals surface area (Å²) in [6, 6.07) is 31.1. The van der Waals surface area contributed by atoms with Gasteiger partial charge in [-0.3, -0.25) is 14.4 Å². The van der Waals surface area contributed by atoms with Crippen molar-refractivity contribution in [1.82, 2.24) is 4.90 Å². The summed E-state index contributed by atoms with van der Waals surface area (Å²) in [6.07, 6.45) is 4.11. The third-order valence-electron chi connectivity index (χ3n) is 9.00. The molecule has 3 amide bonds. The zero-order valence-electron chi connectivity index (χ0n) is 25.7. The molecule has 0 aromatic heterocycles. The number of amides is 3. The molecule has 3 atom stereocenters. The highest BCUT2D eigenvalue weighted by atomic mass is 16.3. The standard InChI is InChI=1S/C38H37N3O5/c1-26(11-9-20-35(43)40-24-30-16-6-5-15-29(30)22-32(40)25-42)38(46)33-18-7-8-19-34(33)41(37(38)45)23-27-12-10-17-31(21-27)39-36(44)28-13-3-2-4-14-28/h2-19,21,26,32,42,46H,20,22-25H2,1H3,(H,39,44)/b11-9+/t26-,32-,38+/m0/s1. The molecule has 8 heteroatoms. The number of benzene rings is 4. The van der Waals surface area contributed by atoms with E-state index < -0.39 is 17.4 Å². The van der Waals surface area contributed by atoms with Gasteiger partial charge in [-0.1, -0.05) is 91.9 Å². The number of para-hydroxylation sites is 1. The van der Waals surface area contributed by atoms with Crippen LogP contribution < -0.4 is 10.2 Å². The monoisotopic (exact) mass is 615 g/mol. The number of nitrogens with zero attached hydrogens (tertiary/aromatic N) is 2. The Morgan fingerprint density at radius 1 is 0.957 bits per heavy atom. The van der Waals surface area contributed by atoms with Gasteiger partial charge in [-0.2, -0.15) is 0 Å². The predicted molar refractivity (Wildman–Crippen MR) is 177 cm³/mol. The zero-order chi connectivity index (χ0) is 32.3. The minimum atomic E-state index is -1.83. The van der Waals surface area contributed by atoms with Crippen LogP contribution >= 0.6 is 0 Å². The van der Waals surface area contributed by atoms with Crippen LogP contribution in [0.25, 0.3) is 0 Å². The van der Waals surface area contributed by atoms with Crippen LogP contribution in [0, 0.1) is 5.92 Å². The molecule has 2 heterocycles. The van der Waals surface area contributed by atoms with Crippen molar-refractivity contribution >= 4 is 29.1 Å². The fraction of sp³-hybridized carbons (Fsp3) is 0.237. The molecular weight excluding hydrogens is 578 g/mol. The van der Waals surface area contributed by atoms with Gasteiger partial charge in [-0.25, -0.2) is 0 Å². The molecule has 0 saturated heterocycles. The number of aliphatic hydroxyl groups is 2. The average molecular weight is 616 g/mol. The summed E-state index contributed by atoms with van der Waals surface area (Å²) < 4.78 is 0. The molecular formula is C38H37N3O5. The Morgan fingerprint density at radius 3 is 2.46 bits per heavy atom. The summed E-state index contributed by atoms with van der Waals surface area (Å²) in [5.74, 6) is -1.44. The Hall–Kier alpha value is -5.05. The second-order valence-corrected chi connectivity index (χ2v) is 11.9. The molecule has 6 rings (SSSR count). The van der Waals surface area contributed by atoms with Gasteiger partial charge >= 0.3 is 0 Å². The number of nitrogens with one attached hydrogen (secondary N) is 1. The first-order valence-corrected chi connectivity index (χ1v) is 15.5. The van der Waals surface area contributed by atoms with Crippen molar-refractivity contribution in [2.75, 3.05) is 16.8 Å². The third kappa shape index (κ3) is 5.97. The number of rotatable bonds is 9. The Labute approximate surface area is 268 Å². The second kappa shape index (κ2) is 13.1. The molecule has 4 aromatic rings. The first kappa shape index (κ1) is 31.0. The maximum Gasteiger partial charge on any atom is 0.264 e. The minimum absolute atomic E-state index is 0.0835. The molecule has 3 N–H and O–H groups in total. The van der Waals surface area contributed by atoms with Crippen LogP contribution in [0.5, 0.6) is 0 Å². The van der Waals surface area contributed by atoms with Crippen molar-refractivity contribution < 1.29 is 24.6 Å². The number of hydrogen-bond donors (Lipinski definition) is 3. The molecule has 2 aliphatic heterocycles. The summed E-state index contributed by atoms with van der Waals surface area (Å²) in [7, 11) is 0. The largest absolute Gasteiger partial charge is 0.394 e. The third-order valence-corrected chi connectivity index (χ3v) is 9.00. The van der Waals surface area contributed by atoms with Gasteiger partial charge in [0.1, 0.15) is 0 Å². The highest BCUT2D eigenvalue weighted by molar-refractivity contribution is 6.07. The van der Waals surface area contributed by atoms with Crippen LogP contribution in [0.1, 0.15) is 46.0 Å². The first-order chi connectivity index (χ1) is 22.3. The van der Waals surface area contributed by atoms with Crippen LogP contribution in [0.4, 0.5) is 11.4 Å². The Bertz CT molecular complexity index is 1790. The van der Waals surface area contributed by atoms with Gasteiger partial charge in [0.25, 0.3) is 11.8 Å². The second-order valence-electron chi connectivity index (χ2n) is 11.9. The molecule has 234 valence electrons. The topological polar surface area (TPSA) is 110 Å². The van der Waals surface area contributed by atoms with Gasteiger partial charge in [-0.05, 0) is 53.4 Å². The fourth-order valence-electron chi connectivity index (χ4n) is 6.45. The molecule has 2 aliphatic rings. The summed E-state index contributed by atoms with van der Waals surface area (Å²) in [5, 5.41) is 24.9. The van der Waals surface area contributed by atoms with E-state index in [0.29, 0.717) is 35.5 Å². The Kier molecular flexibility index (Phi) is 8.83. The lowest BCUT2D eigenvalue weighted by Gasteiger charge is -2.36. The number of aliphatic hydroxyl groups excluding tert-OH is 1. The van der Waals surface area contributed by atoms with Gasteiger partial charge in [0.05, 0.1) is 24.9 Å². The molecule has 46 heavy (non-hydrogen) atoms. The Balaban J connectivity index is 1.16. The van der Waals surface area contributed by atoms with Crippen LogP contribution in [0.15, 0.2) is 115 Å². The van der Waals surface area contributed by atoms with Crippen molar-refractivity contribution in [2.24, 2.45) is 5.92 Å². The van der Waals surface area contributed by atoms with E-state index in [9.17, 15) is 24.6 Å². The quantitative estimate of drug-likeness (QED) is 0.224. The van der Waals surface area contributed by atoms with E-state index in [1.807, 2.05) is 60.7 Å². The number of fused-ring (bicyclic) bond motifs is 2. The van der Waals surface area contributed by atoms with Crippen LogP contribution in [-0.4, -0.2) is 45.5 Å². The van der Waals surface area contributed by atoms with Gasteiger partial charge in [0, 0.05) is 35.7 Å². The van der Waals surface area contributed by atoms with Crippen LogP contribution in [0.3, 0.4) is 0 Å². The number of carbonyl (C=O) groups is 3. The highest BCUT2D eigenvalue weighted by Gasteiger charge is 2.52. The number of anilines is 2. The minimum Gasteiger partial charge on any atom is -0.394 e. The van der Waals surface area contributed by atoms with E-state index in [1.54, 1.807) is 71.3 Å². The fourth-order valence-corrected chi connectivity index (χ4v) is 6.45. The van der Waals surface area contributed by atoms with Gasteiger partial charge in [0.2, 0.25) is 5.91 Å². The van der Waals surface area contributed by atoms with E-state index >= 15 is 0 Å². The molecule has 0 spiro atoms. The maximum atomic E-state index is 14.0. The molecule has 0 saturated carbocycles. The summed E-state index contributed by atoms with van der Waals surface area (Å²) in [6.45, 7) is 2.28. The van der Waals surface area contributed by atoms with E-state index in [1.165, 1.54) is 0 Å². The lowest BCUT2D eigenvalue weighted by atomic mass is 9.83. The molecule has 0 unspecified atom stereocenters. The van der Waals surface area contributed by atoms with Crippen molar-refractivity contribution in [2.45, 2.75) is 44.5 Å². The average Bonchev–Trinajstić information content (AvgIpc) is 3.30. The van der Waals surface area contributed by atoms with E-state index in [2.05, 4.69) is 5.32 Å². The predicted octanol–water partition coefficient (Wildman–Crippen LogP) is 5.20. The van der Waals surface area contributed by atoms with Crippen LogP contribution in [0.2, 0.25) is 0 Å². The summed E-state index contributed by atoms with van der Waals surface area (Å²) in [5.41, 5.74) is 3.44. The van der Waals surface area contributed by atoms with E-state index in [-0.39, 0.29) is 37.4 Å². The molecule has 4 aromatic carbocycles.